The highest BCUT2D eigenvalue weighted by Crippen LogP contribution is 2.46. The van der Waals surface area contributed by atoms with Gasteiger partial charge < -0.3 is 9.31 Å². The van der Waals surface area contributed by atoms with Gasteiger partial charge in [0.1, 0.15) is 0 Å². The lowest BCUT2D eigenvalue weighted by molar-refractivity contribution is -0.130. The van der Waals surface area contributed by atoms with E-state index in [2.05, 4.69) is 70.2 Å². The summed E-state index contributed by atoms with van der Waals surface area (Å²) in [6.45, 7) is 9.01. The average Bonchev–Trinajstić information content (AvgIpc) is 2.63. The minimum atomic E-state index is -0.324. The molecule has 0 saturated carbocycles. The molecule has 0 unspecified atom stereocenters. The van der Waals surface area contributed by atoms with Crippen molar-refractivity contribution < 1.29 is 9.31 Å². The van der Waals surface area contributed by atoms with E-state index >= 15 is 0 Å². The van der Waals surface area contributed by atoms with Crippen molar-refractivity contribution in [3.05, 3.63) is 66.2 Å². The van der Waals surface area contributed by atoms with Gasteiger partial charge in [-0.1, -0.05) is 88.4 Å². The zero-order valence-corrected chi connectivity index (χ0v) is 15.1. The van der Waals surface area contributed by atoms with Crippen LogP contribution < -0.4 is 5.46 Å². The predicted octanol–water partition coefficient (Wildman–Crippen LogP) is 4.61. The third kappa shape index (κ3) is 3.03. The van der Waals surface area contributed by atoms with E-state index in [4.69, 9.17) is 9.31 Å². The van der Waals surface area contributed by atoms with Gasteiger partial charge in [-0.15, -0.1) is 0 Å². The highest BCUT2D eigenvalue weighted by molar-refractivity contribution is 6.61. The van der Waals surface area contributed by atoms with Gasteiger partial charge in [-0.25, -0.2) is 0 Å². The topological polar surface area (TPSA) is 18.5 Å². The van der Waals surface area contributed by atoms with Crippen LogP contribution in [0.15, 0.2) is 60.7 Å². The lowest BCUT2D eigenvalue weighted by Gasteiger charge is -2.51. The molecule has 1 heterocycles. The van der Waals surface area contributed by atoms with Crippen LogP contribution in [0.3, 0.4) is 0 Å². The molecule has 126 valence electrons. The highest BCUT2D eigenvalue weighted by atomic mass is 16.6. The second-order valence-electron chi connectivity index (χ2n) is 7.08. The molecule has 0 aromatic heterocycles. The van der Waals surface area contributed by atoms with Crippen LogP contribution in [0.25, 0.3) is 0 Å². The summed E-state index contributed by atoms with van der Waals surface area (Å²) in [6.07, 6.45) is 1.01. The molecule has 3 atom stereocenters. The SMILES string of the molecule is CC[C@]1(C(C)C)OB(c2ccccc2)O[C@H](c2ccccc2)[C@@H]1C. The lowest BCUT2D eigenvalue weighted by atomic mass is 9.66. The van der Waals surface area contributed by atoms with Gasteiger partial charge >= 0.3 is 7.12 Å². The van der Waals surface area contributed by atoms with Gasteiger partial charge in [0.25, 0.3) is 0 Å². The number of hydrogen-bond acceptors (Lipinski definition) is 2. The van der Waals surface area contributed by atoms with Gasteiger partial charge in [0.15, 0.2) is 0 Å². The molecule has 0 amide bonds. The Morgan fingerprint density at radius 3 is 2.12 bits per heavy atom. The van der Waals surface area contributed by atoms with Crippen molar-refractivity contribution in [2.45, 2.75) is 45.8 Å². The fourth-order valence-electron chi connectivity index (χ4n) is 4.08. The first kappa shape index (κ1) is 17.3. The van der Waals surface area contributed by atoms with E-state index in [1.807, 2.05) is 18.2 Å². The number of benzene rings is 2. The molecule has 2 aromatic rings. The molecular formula is C21H27BO2. The molecule has 0 N–H and O–H groups in total. The number of hydrogen-bond donors (Lipinski definition) is 0. The average molecular weight is 322 g/mol. The number of rotatable bonds is 4. The van der Waals surface area contributed by atoms with Gasteiger partial charge in [-0.05, 0) is 23.4 Å². The van der Waals surface area contributed by atoms with E-state index in [0.717, 1.165) is 11.9 Å². The van der Waals surface area contributed by atoms with Crippen molar-refractivity contribution >= 4 is 12.6 Å². The summed E-state index contributed by atoms with van der Waals surface area (Å²) in [5, 5.41) is 0. The summed E-state index contributed by atoms with van der Waals surface area (Å²) >= 11 is 0. The Labute approximate surface area is 146 Å². The summed E-state index contributed by atoms with van der Waals surface area (Å²) in [5.41, 5.74) is 2.12. The monoisotopic (exact) mass is 322 g/mol. The smallest absolute Gasteiger partial charge is 0.401 e. The van der Waals surface area contributed by atoms with E-state index in [1.54, 1.807) is 0 Å². The summed E-state index contributed by atoms with van der Waals surface area (Å²) in [6, 6.07) is 20.8. The maximum absolute atomic E-state index is 6.61. The zero-order valence-electron chi connectivity index (χ0n) is 15.1. The van der Waals surface area contributed by atoms with Crippen LogP contribution in [0.5, 0.6) is 0 Å². The van der Waals surface area contributed by atoms with Crippen molar-refractivity contribution in [3.8, 4) is 0 Å². The largest absolute Gasteiger partial charge is 0.494 e. The van der Waals surface area contributed by atoms with Crippen LogP contribution in [0.1, 0.15) is 45.8 Å². The molecule has 1 aliphatic rings. The molecule has 3 heteroatoms. The standard InChI is InChI=1S/C21H27BO2/c1-5-21(16(2)3)17(4)20(18-12-8-6-9-13-18)23-22(24-21)19-14-10-7-11-15-19/h6-17,20H,5H2,1-4H3/t17-,20-,21+/m0/s1. The lowest BCUT2D eigenvalue weighted by Crippen LogP contribution is -2.59. The van der Waals surface area contributed by atoms with Crippen LogP contribution in [0, 0.1) is 11.8 Å². The van der Waals surface area contributed by atoms with E-state index in [-0.39, 0.29) is 24.7 Å². The summed E-state index contributed by atoms with van der Waals surface area (Å²) < 4.78 is 13.1. The van der Waals surface area contributed by atoms with Crippen molar-refractivity contribution in [2.24, 2.45) is 11.8 Å². The first-order valence-electron chi connectivity index (χ1n) is 9.01. The Bertz CT molecular complexity index is 643. The second-order valence-corrected chi connectivity index (χ2v) is 7.08. The second kappa shape index (κ2) is 7.12. The van der Waals surface area contributed by atoms with Gasteiger partial charge in [0.05, 0.1) is 11.7 Å². The van der Waals surface area contributed by atoms with Gasteiger partial charge in [-0.2, -0.15) is 0 Å². The van der Waals surface area contributed by atoms with E-state index in [1.165, 1.54) is 5.56 Å². The van der Waals surface area contributed by atoms with Crippen LogP contribution in [0.2, 0.25) is 0 Å². The van der Waals surface area contributed by atoms with Crippen LogP contribution >= 0.6 is 0 Å². The van der Waals surface area contributed by atoms with Crippen LogP contribution in [-0.4, -0.2) is 12.7 Å². The molecular weight excluding hydrogens is 295 g/mol. The van der Waals surface area contributed by atoms with Crippen molar-refractivity contribution in [1.29, 1.82) is 0 Å². The Morgan fingerprint density at radius 1 is 1.00 bits per heavy atom. The summed E-state index contributed by atoms with van der Waals surface area (Å²) in [5.74, 6) is 0.698. The Hall–Kier alpha value is -1.58. The molecule has 0 aliphatic carbocycles. The molecule has 2 nitrogen and oxygen atoms in total. The molecule has 0 spiro atoms. The van der Waals surface area contributed by atoms with E-state index in [9.17, 15) is 0 Å². The normalized spacial score (nSPS) is 27.5. The van der Waals surface area contributed by atoms with Gasteiger partial charge in [0.2, 0.25) is 0 Å². The Kier molecular flexibility index (Phi) is 5.12. The first-order chi connectivity index (χ1) is 11.6. The maximum atomic E-state index is 6.61. The minimum absolute atomic E-state index is 0.0347. The maximum Gasteiger partial charge on any atom is 0.494 e. The van der Waals surface area contributed by atoms with Crippen LogP contribution in [0.4, 0.5) is 0 Å². The summed E-state index contributed by atoms with van der Waals surface area (Å²) in [7, 11) is -0.324. The third-order valence-electron chi connectivity index (χ3n) is 5.55. The van der Waals surface area contributed by atoms with Crippen LogP contribution in [-0.2, 0) is 9.31 Å². The molecule has 24 heavy (non-hydrogen) atoms. The molecule has 1 saturated heterocycles. The quantitative estimate of drug-likeness (QED) is 0.765. The van der Waals surface area contributed by atoms with Crippen molar-refractivity contribution in [1.82, 2.24) is 0 Å². The third-order valence-corrected chi connectivity index (χ3v) is 5.55. The van der Waals surface area contributed by atoms with Gasteiger partial charge in [-0.3, -0.25) is 0 Å². The molecule has 1 aliphatic heterocycles. The summed E-state index contributed by atoms with van der Waals surface area (Å²) in [4.78, 5) is 0. The van der Waals surface area contributed by atoms with Crippen molar-refractivity contribution in [3.63, 3.8) is 0 Å². The Balaban J connectivity index is 2.02. The van der Waals surface area contributed by atoms with Gasteiger partial charge in [0, 0.05) is 5.92 Å². The zero-order chi connectivity index (χ0) is 17.2. The predicted molar refractivity (Wildman–Crippen MR) is 100 cm³/mol. The fraction of sp³-hybridized carbons (Fsp3) is 0.429. The molecule has 1 fully saturated rings. The molecule has 0 bridgehead atoms. The Morgan fingerprint density at radius 2 is 1.58 bits per heavy atom. The van der Waals surface area contributed by atoms with E-state index in [0.29, 0.717) is 5.92 Å². The molecule has 2 aromatic carbocycles. The fourth-order valence-corrected chi connectivity index (χ4v) is 4.08. The first-order valence-corrected chi connectivity index (χ1v) is 9.01. The highest BCUT2D eigenvalue weighted by Gasteiger charge is 2.51. The van der Waals surface area contributed by atoms with Crippen molar-refractivity contribution in [2.75, 3.05) is 0 Å². The molecule has 3 rings (SSSR count). The minimum Gasteiger partial charge on any atom is -0.401 e. The van der Waals surface area contributed by atoms with E-state index < -0.39 is 0 Å². The molecule has 0 radical (unpaired) electrons.